The third-order valence-corrected chi connectivity index (χ3v) is 3.23. The number of fused-ring (bicyclic) bond motifs is 1. The van der Waals surface area contributed by atoms with E-state index in [1.807, 2.05) is 25.1 Å². The average molecular weight is 217 g/mol. The number of aromatic nitrogens is 1. The Hall–Kier alpha value is -1.39. The highest BCUT2D eigenvalue weighted by atomic mass is 16.3. The summed E-state index contributed by atoms with van der Waals surface area (Å²) in [5.74, 6) is 1.24. The third-order valence-electron chi connectivity index (χ3n) is 3.23. The van der Waals surface area contributed by atoms with Crippen LogP contribution in [-0.4, -0.2) is 18.1 Å². The van der Waals surface area contributed by atoms with Gasteiger partial charge in [0.05, 0.1) is 0 Å². The number of aryl methyl sites for hydroxylation is 1. The van der Waals surface area contributed by atoms with Gasteiger partial charge < -0.3 is 15.5 Å². The van der Waals surface area contributed by atoms with E-state index in [1.165, 1.54) is 0 Å². The van der Waals surface area contributed by atoms with Crippen molar-refractivity contribution in [2.24, 2.45) is 11.7 Å². The summed E-state index contributed by atoms with van der Waals surface area (Å²) < 4.78 is 5.51. The Bertz CT molecular complexity index is 516. The third kappa shape index (κ3) is 1.50. The number of hydrogen-bond acceptors (Lipinski definition) is 4. The maximum absolute atomic E-state index is 6.20. The van der Waals surface area contributed by atoms with Gasteiger partial charge in [-0.15, -0.1) is 0 Å². The van der Waals surface area contributed by atoms with Crippen LogP contribution in [0.3, 0.4) is 0 Å². The standard InChI is InChI=1S/C12H15N3O/c1-7-15-10-3-2-8(4-11(10)16-7)12(13)9-5-14-6-9/h2-4,9,12,14H,5-6,13H2,1H3. The lowest BCUT2D eigenvalue weighted by atomic mass is 9.89. The summed E-state index contributed by atoms with van der Waals surface area (Å²) in [7, 11) is 0. The number of benzene rings is 1. The maximum Gasteiger partial charge on any atom is 0.192 e. The summed E-state index contributed by atoms with van der Waals surface area (Å²) in [5, 5.41) is 3.24. The van der Waals surface area contributed by atoms with Crippen molar-refractivity contribution in [2.75, 3.05) is 13.1 Å². The van der Waals surface area contributed by atoms with Crippen molar-refractivity contribution in [2.45, 2.75) is 13.0 Å². The molecular weight excluding hydrogens is 202 g/mol. The normalized spacial score (nSPS) is 18.6. The highest BCUT2D eigenvalue weighted by molar-refractivity contribution is 5.73. The summed E-state index contributed by atoms with van der Waals surface area (Å²) in [6, 6.07) is 6.13. The van der Waals surface area contributed by atoms with Crippen molar-refractivity contribution in [1.82, 2.24) is 10.3 Å². The minimum Gasteiger partial charge on any atom is -0.441 e. The van der Waals surface area contributed by atoms with E-state index in [-0.39, 0.29) is 6.04 Å². The van der Waals surface area contributed by atoms with Gasteiger partial charge in [-0.25, -0.2) is 4.98 Å². The zero-order valence-electron chi connectivity index (χ0n) is 9.23. The number of nitrogens with zero attached hydrogens (tertiary/aromatic N) is 1. The first-order valence-corrected chi connectivity index (χ1v) is 5.57. The molecule has 4 nitrogen and oxygen atoms in total. The Morgan fingerprint density at radius 3 is 3.00 bits per heavy atom. The Kier molecular flexibility index (Phi) is 2.19. The SMILES string of the molecule is Cc1nc2ccc(C(N)C3CNC3)cc2o1. The quantitative estimate of drug-likeness (QED) is 0.797. The van der Waals surface area contributed by atoms with Gasteiger partial charge in [0, 0.05) is 32.0 Å². The number of nitrogens with two attached hydrogens (primary N) is 1. The van der Waals surface area contributed by atoms with E-state index >= 15 is 0 Å². The van der Waals surface area contributed by atoms with E-state index in [0.29, 0.717) is 11.8 Å². The van der Waals surface area contributed by atoms with Gasteiger partial charge in [0.2, 0.25) is 0 Å². The topological polar surface area (TPSA) is 64.1 Å². The first kappa shape index (κ1) is 9.81. The molecule has 0 aliphatic carbocycles. The predicted octanol–water partition coefficient (Wildman–Crippen LogP) is 1.36. The Balaban J connectivity index is 1.97. The molecule has 3 N–H and O–H groups in total. The van der Waals surface area contributed by atoms with Crippen LogP contribution in [0, 0.1) is 12.8 Å². The van der Waals surface area contributed by atoms with Crippen LogP contribution in [0.1, 0.15) is 17.5 Å². The van der Waals surface area contributed by atoms with Gasteiger partial charge in [-0.2, -0.15) is 0 Å². The largest absolute Gasteiger partial charge is 0.441 e. The summed E-state index contributed by atoms with van der Waals surface area (Å²) in [6.07, 6.45) is 0. The van der Waals surface area contributed by atoms with Crippen LogP contribution in [0.4, 0.5) is 0 Å². The molecule has 0 bridgehead atoms. The molecule has 1 aromatic heterocycles. The van der Waals surface area contributed by atoms with Crippen molar-refractivity contribution in [3.05, 3.63) is 29.7 Å². The smallest absolute Gasteiger partial charge is 0.192 e. The van der Waals surface area contributed by atoms with Crippen molar-refractivity contribution < 1.29 is 4.42 Å². The van der Waals surface area contributed by atoms with Crippen LogP contribution in [0.5, 0.6) is 0 Å². The van der Waals surface area contributed by atoms with E-state index in [4.69, 9.17) is 10.2 Å². The molecule has 1 atom stereocenters. The molecule has 84 valence electrons. The van der Waals surface area contributed by atoms with Gasteiger partial charge in [0.25, 0.3) is 0 Å². The van der Waals surface area contributed by atoms with E-state index in [9.17, 15) is 0 Å². The summed E-state index contributed by atoms with van der Waals surface area (Å²) in [5.41, 5.74) is 9.06. The molecule has 1 aliphatic rings. The predicted molar refractivity (Wildman–Crippen MR) is 62.0 cm³/mol. The van der Waals surface area contributed by atoms with Gasteiger partial charge in [-0.05, 0) is 17.7 Å². The van der Waals surface area contributed by atoms with Gasteiger partial charge in [0.1, 0.15) is 5.52 Å². The molecule has 1 saturated heterocycles. The molecule has 1 fully saturated rings. The molecular formula is C12H15N3O. The number of nitrogens with one attached hydrogen (secondary N) is 1. The number of hydrogen-bond donors (Lipinski definition) is 2. The Labute approximate surface area is 93.8 Å². The molecule has 1 unspecified atom stereocenters. The fourth-order valence-electron chi connectivity index (χ4n) is 2.10. The van der Waals surface area contributed by atoms with Crippen LogP contribution in [0.2, 0.25) is 0 Å². The Morgan fingerprint density at radius 2 is 2.31 bits per heavy atom. The molecule has 16 heavy (non-hydrogen) atoms. The zero-order valence-corrected chi connectivity index (χ0v) is 9.23. The minimum atomic E-state index is 0.0936. The molecule has 0 radical (unpaired) electrons. The highest BCUT2D eigenvalue weighted by Crippen LogP contribution is 2.26. The van der Waals surface area contributed by atoms with E-state index in [1.54, 1.807) is 0 Å². The summed E-state index contributed by atoms with van der Waals surface area (Å²) >= 11 is 0. The minimum absolute atomic E-state index is 0.0936. The average Bonchev–Trinajstić information content (AvgIpc) is 2.53. The van der Waals surface area contributed by atoms with Crippen molar-refractivity contribution in [3.63, 3.8) is 0 Å². The van der Waals surface area contributed by atoms with Crippen molar-refractivity contribution >= 4 is 11.1 Å². The van der Waals surface area contributed by atoms with Crippen molar-refractivity contribution in [3.8, 4) is 0 Å². The van der Waals surface area contributed by atoms with Crippen molar-refractivity contribution in [1.29, 1.82) is 0 Å². The summed E-state index contributed by atoms with van der Waals surface area (Å²) in [6.45, 7) is 3.87. The maximum atomic E-state index is 6.20. The molecule has 4 heteroatoms. The second-order valence-corrected chi connectivity index (χ2v) is 4.40. The van der Waals surface area contributed by atoms with E-state index in [2.05, 4.69) is 10.3 Å². The lowest BCUT2D eigenvalue weighted by Crippen LogP contribution is -2.47. The monoisotopic (exact) mass is 217 g/mol. The number of oxazole rings is 1. The summed E-state index contributed by atoms with van der Waals surface area (Å²) in [4.78, 5) is 4.27. The fourth-order valence-corrected chi connectivity index (χ4v) is 2.10. The number of rotatable bonds is 2. The molecule has 2 aromatic rings. The van der Waals surface area contributed by atoms with Crippen LogP contribution in [0.15, 0.2) is 22.6 Å². The molecule has 0 saturated carbocycles. The van der Waals surface area contributed by atoms with Crippen LogP contribution in [0.25, 0.3) is 11.1 Å². The highest BCUT2D eigenvalue weighted by Gasteiger charge is 2.25. The molecule has 2 heterocycles. The molecule has 0 amide bonds. The first-order chi connectivity index (χ1) is 7.74. The van der Waals surface area contributed by atoms with Crippen LogP contribution >= 0.6 is 0 Å². The van der Waals surface area contributed by atoms with E-state index in [0.717, 1.165) is 29.8 Å². The van der Waals surface area contributed by atoms with E-state index < -0.39 is 0 Å². The fraction of sp³-hybridized carbons (Fsp3) is 0.417. The second kappa shape index (κ2) is 3.57. The van der Waals surface area contributed by atoms with Crippen LogP contribution in [-0.2, 0) is 0 Å². The first-order valence-electron chi connectivity index (χ1n) is 5.57. The van der Waals surface area contributed by atoms with Gasteiger partial charge in [0.15, 0.2) is 11.5 Å². The molecule has 3 rings (SSSR count). The molecule has 0 spiro atoms. The van der Waals surface area contributed by atoms with Gasteiger partial charge in [-0.3, -0.25) is 0 Å². The lowest BCUT2D eigenvalue weighted by Gasteiger charge is -2.32. The van der Waals surface area contributed by atoms with Gasteiger partial charge in [-0.1, -0.05) is 6.07 Å². The second-order valence-electron chi connectivity index (χ2n) is 4.40. The molecule has 1 aliphatic heterocycles. The lowest BCUT2D eigenvalue weighted by molar-refractivity contribution is 0.295. The Morgan fingerprint density at radius 1 is 1.50 bits per heavy atom. The molecule has 1 aromatic carbocycles. The van der Waals surface area contributed by atoms with Crippen LogP contribution < -0.4 is 11.1 Å². The van der Waals surface area contributed by atoms with Gasteiger partial charge >= 0.3 is 0 Å². The zero-order chi connectivity index (χ0) is 11.1.